The van der Waals surface area contributed by atoms with Crippen molar-refractivity contribution in [2.45, 2.75) is 17.9 Å². The molecule has 7 nitrogen and oxygen atoms in total. The van der Waals surface area contributed by atoms with Crippen LogP contribution in [0, 0.1) is 0 Å². The smallest absolute Gasteiger partial charge is 0.242 e. The molecular formula is C22H22ClN3O4S. The summed E-state index contributed by atoms with van der Waals surface area (Å²) < 4.78 is 29.0. The van der Waals surface area contributed by atoms with Gasteiger partial charge in [-0.05, 0) is 66.6 Å². The Labute approximate surface area is 186 Å². The molecule has 9 heteroatoms. The van der Waals surface area contributed by atoms with Crippen LogP contribution in [0.3, 0.4) is 0 Å². The number of nitrogens with two attached hydrogens (primary N) is 1. The average Bonchev–Trinajstić information content (AvgIpc) is 3.35. The number of hydrogen-bond acceptors (Lipinski definition) is 5. The molecule has 0 saturated heterocycles. The lowest BCUT2D eigenvalue weighted by Gasteiger charge is -2.23. The predicted molar refractivity (Wildman–Crippen MR) is 119 cm³/mol. The number of anilines is 1. The van der Waals surface area contributed by atoms with Crippen LogP contribution < -0.4 is 10.0 Å². The maximum absolute atomic E-state index is 12.8. The normalized spacial score (nSPS) is 13.3. The van der Waals surface area contributed by atoms with Crippen molar-refractivity contribution in [3.05, 3.63) is 70.9 Å². The van der Waals surface area contributed by atoms with Crippen LogP contribution in [0.25, 0.3) is 11.3 Å². The molecule has 31 heavy (non-hydrogen) atoms. The molecule has 2 N–H and O–H groups in total. The summed E-state index contributed by atoms with van der Waals surface area (Å²) in [5.41, 5.74) is 2.65. The number of carbonyl (C=O) groups is 1. The quantitative estimate of drug-likeness (QED) is 0.610. The van der Waals surface area contributed by atoms with Crippen LogP contribution >= 0.6 is 11.6 Å². The van der Waals surface area contributed by atoms with Gasteiger partial charge in [0, 0.05) is 29.9 Å². The summed E-state index contributed by atoms with van der Waals surface area (Å²) in [4.78, 5) is 16.4. The van der Waals surface area contributed by atoms with Gasteiger partial charge in [0.05, 0.1) is 18.0 Å². The largest absolute Gasteiger partial charge is 0.459 e. The van der Waals surface area contributed by atoms with Crippen LogP contribution in [0.2, 0.25) is 5.02 Å². The monoisotopic (exact) mass is 459 g/mol. The van der Waals surface area contributed by atoms with E-state index in [0.29, 0.717) is 36.1 Å². The molecule has 0 saturated carbocycles. The molecule has 0 unspecified atom stereocenters. The van der Waals surface area contributed by atoms with Crippen molar-refractivity contribution < 1.29 is 17.6 Å². The van der Waals surface area contributed by atoms with E-state index < -0.39 is 10.0 Å². The summed E-state index contributed by atoms with van der Waals surface area (Å²) in [6.45, 7) is 1.19. The second-order valence-electron chi connectivity index (χ2n) is 7.53. The molecule has 162 valence electrons. The third-order valence-electron chi connectivity index (χ3n) is 5.31. The second kappa shape index (κ2) is 8.37. The van der Waals surface area contributed by atoms with Gasteiger partial charge in [-0.25, -0.2) is 13.6 Å². The highest BCUT2D eigenvalue weighted by molar-refractivity contribution is 7.89. The molecular weight excluding hydrogens is 438 g/mol. The Morgan fingerprint density at radius 3 is 2.61 bits per heavy atom. The molecule has 2 heterocycles. The SMILES string of the molecule is CN(Cc1ccc(-c2ccc(Cl)cc2)o1)C(=O)CN1CCc2cc(S(N)(=O)=O)ccc21. The number of hydrogen-bond donors (Lipinski definition) is 1. The van der Waals surface area contributed by atoms with Gasteiger partial charge in [0.15, 0.2) is 0 Å². The number of amides is 1. The number of primary sulfonamides is 1. The minimum absolute atomic E-state index is 0.0622. The molecule has 1 aliphatic rings. The van der Waals surface area contributed by atoms with Crippen molar-refractivity contribution in [2.24, 2.45) is 5.14 Å². The Bertz CT molecular complexity index is 1220. The minimum atomic E-state index is -3.74. The minimum Gasteiger partial charge on any atom is -0.459 e. The van der Waals surface area contributed by atoms with Gasteiger partial charge in [-0.3, -0.25) is 4.79 Å². The Kier molecular flexibility index (Phi) is 5.79. The zero-order valence-corrected chi connectivity index (χ0v) is 18.5. The van der Waals surface area contributed by atoms with E-state index in [2.05, 4.69) is 0 Å². The third kappa shape index (κ3) is 4.76. The molecule has 0 bridgehead atoms. The Balaban J connectivity index is 1.40. The fourth-order valence-electron chi connectivity index (χ4n) is 3.63. The van der Waals surface area contributed by atoms with E-state index in [1.54, 1.807) is 36.2 Å². The lowest BCUT2D eigenvalue weighted by atomic mass is 10.2. The predicted octanol–water partition coefficient (Wildman–Crippen LogP) is 3.27. The van der Waals surface area contributed by atoms with Crippen LogP contribution in [-0.4, -0.2) is 39.4 Å². The van der Waals surface area contributed by atoms with Gasteiger partial charge >= 0.3 is 0 Å². The lowest BCUT2D eigenvalue weighted by molar-refractivity contribution is -0.129. The molecule has 0 atom stereocenters. The second-order valence-corrected chi connectivity index (χ2v) is 9.53. The van der Waals surface area contributed by atoms with Crippen molar-refractivity contribution in [3.63, 3.8) is 0 Å². The molecule has 0 radical (unpaired) electrons. The van der Waals surface area contributed by atoms with E-state index in [0.717, 1.165) is 16.8 Å². The summed E-state index contributed by atoms with van der Waals surface area (Å²) in [6, 6.07) is 15.9. The number of nitrogens with zero attached hydrogens (tertiary/aromatic N) is 2. The van der Waals surface area contributed by atoms with E-state index in [9.17, 15) is 13.2 Å². The molecule has 1 aliphatic heterocycles. The van der Waals surface area contributed by atoms with Crippen molar-refractivity contribution in [2.75, 3.05) is 25.0 Å². The topological polar surface area (TPSA) is 96.8 Å². The standard InChI is InChI=1S/C22H22ClN3O4S/c1-25(13-18-6-9-21(30-18)15-2-4-17(23)5-3-15)22(27)14-26-11-10-16-12-19(31(24,28)29)7-8-20(16)26/h2-9,12H,10-11,13-14H2,1H3,(H2,24,28,29). The zero-order valence-electron chi connectivity index (χ0n) is 16.9. The van der Waals surface area contributed by atoms with Crippen molar-refractivity contribution >= 4 is 33.2 Å². The van der Waals surface area contributed by atoms with Crippen molar-refractivity contribution in [1.29, 1.82) is 0 Å². The highest BCUT2D eigenvalue weighted by atomic mass is 35.5. The highest BCUT2D eigenvalue weighted by Gasteiger charge is 2.24. The molecule has 0 aliphatic carbocycles. The van der Waals surface area contributed by atoms with Gasteiger partial charge < -0.3 is 14.2 Å². The van der Waals surface area contributed by atoms with Crippen LogP contribution in [0.1, 0.15) is 11.3 Å². The first kappa shape index (κ1) is 21.4. The fraction of sp³-hybridized carbons (Fsp3) is 0.227. The molecule has 4 rings (SSSR count). The number of furan rings is 1. The molecule has 3 aromatic rings. The van der Waals surface area contributed by atoms with Crippen LogP contribution in [0.15, 0.2) is 63.9 Å². The first-order valence-corrected chi connectivity index (χ1v) is 11.6. The van der Waals surface area contributed by atoms with Crippen molar-refractivity contribution in [1.82, 2.24) is 4.90 Å². The summed E-state index contributed by atoms with van der Waals surface area (Å²) in [6.07, 6.45) is 0.665. The van der Waals surface area contributed by atoms with E-state index in [1.165, 1.54) is 6.07 Å². The lowest BCUT2D eigenvalue weighted by Crippen LogP contribution is -2.37. The summed E-state index contributed by atoms with van der Waals surface area (Å²) in [5.74, 6) is 1.33. The maximum Gasteiger partial charge on any atom is 0.242 e. The van der Waals surface area contributed by atoms with Crippen molar-refractivity contribution in [3.8, 4) is 11.3 Å². The Hall–Kier alpha value is -2.81. The molecule has 1 amide bonds. The number of fused-ring (bicyclic) bond motifs is 1. The first-order valence-electron chi connectivity index (χ1n) is 9.70. The van der Waals surface area contributed by atoms with Gasteiger partial charge in [0.1, 0.15) is 11.5 Å². The maximum atomic E-state index is 12.8. The Morgan fingerprint density at radius 1 is 1.16 bits per heavy atom. The van der Waals surface area contributed by atoms with E-state index in [-0.39, 0.29) is 17.3 Å². The number of halogens is 1. The number of rotatable bonds is 6. The molecule has 0 fully saturated rings. The average molecular weight is 460 g/mol. The van der Waals surface area contributed by atoms with Gasteiger partial charge in [-0.2, -0.15) is 0 Å². The molecule has 2 aromatic carbocycles. The third-order valence-corrected chi connectivity index (χ3v) is 6.47. The molecule has 0 spiro atoms. The van der Waals surface area contributed by atoms with Gasteiger partial charge in [0.2, 0.25) is 15.9 Å². The molecule has 1 aromatic heterocycles. The van der Waals surface area contributed by atoms with E-state index in [1.807, 2.05) is 29.2 Å². The number of likely N-dealkylation sites (N-methyl/N-ethyl adjacent to an activating group) is 1. The Morgan fingerprint density at radius 2 is 1.90 bits per heavy atom. The summed E-state index contributed by atoms with van der Waals surface area (Å²) in [7, 11) is -2.01. The van der Waals surface area contributed by atoms with Crippen LogP contribution in [0.4, 0.5) is 5.69 Å². The zero-order chi connectivity index (χ0) is 22.2. The number of sulfonamides is 1. The van der Waals surface area contributed by atoms with Gasteiger partial charge in [0.25, 0.3) is 0 Å². The summed E-state index contributed by atoms with van der Waals surface area (Å²) in [5, 5.41) is 5.87. The summed E-state index contributed by atoms with van der Waals surface area (Å²) >= 11 is 5.93. The van der Waals surface area contributed by atoms with Gasteiger partial charge in [-0.1, -0.05) is 11.6 Å². The van der Waals surface area contributed by atoms with E-state index in [4.69, 9.17) is 21.2 Å². The van der Waals surface area contributed by atoms with Crippen LogP contribution in [0.5, 0.6) is 0 Å². The first-order chi connectivity index (χ1) is 14.7. The van der Waals surface area contributed by atoms with Crippen LogP contribution in [-0.2, 0) is 27.8 Å². The number of carbonyl (C=O) groups excluding carboxylic acids is 1. The van der Waals surface area contributed by atoms with Gasteiger partial charge in [-0.15, -0.1) is 0 Å². The highest BCUT2D eigenvalue weighted by Crippen LogP contribution is 2.30. The van der Waals surface area contributed by atoms with E-state index >= 15 is 0 Å². The fourth-order valence-corrected chi connectivity index (χ4v) is 4.32. The number of benzene rings is 2.